The number of nitrogens with zero attached hydrogens (tertiary/aromatic N) is 1. The molecule has 0 fully saturated rings. The maximum absolute atomic E-state index is 11.9. The summed E-state index contributed by atoms with van der Waals surface area (Å²) in [6.45, 7) is 0.468. The van der Waals surface area contributed by atoms with Gasteiger partial charge in [-0.25, -0.2) is 4.79 Å². The largest absolute Gasteiger partial charge is 0.489 e. The third kappa shape index (κ3) is 5.07. The predicted octanol–water partition coefficient (Wildman–Crippen LogP) is 6.81. The molecule has 0 aliphatic rings. The zero-order valence-electron chi connectivity index (χ0n) is 18.7. The predicted molar refractivity (Wildman–Crippen MR) is 134 cm³/mol. The maximum atomic E-state index is 11.9. The topological polar surface area (TPSA) is 84.4 Å². The fourth-order valence-electron chi connectivity index (χ4n) is 3.76. The Bertz CT molecular complexity index is 1410. The molecule has 5 aromatic rings. The van der Waals surface area contributed by atoms with Crippen LogP contribution in [0.1, 0.15) is 16.1 Å². The van der Waals surface area contributed by atoms with E-state index in [9.17, 15) is 9.90 Å². The molecule has 6 heteroatoms. The molecule has 0 aliphatic carbocycles. The van der Waals surface area contributed by atoms with E-state index in [-0.39, 0.29) is 5.69 Å². The number of benzene rings is 4. The van der Waals surface area contributed by atoms with E-state index in [1.807, 2.05) is 109 Å². The van der Waals surface area contributed by atoms with E-state index < -0.39 is 5.97 Å². The van der Waals surface area contributed by atoms with Gasteiger partial charge in [-0.3, -0.25) is 5.10 Å². The van der Waals surface area contributed by atoms with E-state index >= 15 is 0 Å². The van der Waals surface area contributed by atoms with Crippen LogP contribution in [-0.2, 0) is 6.61 Å². The fourth-order valence-corrected chi connectivity index (χ4v) is 3.76. The van der Waals surface area contributed by atoms with Crippen molar-refractivity contribution in [1.82, 2.24) is 10.2 Å². The van der Waals surface area contributed by atoms with Gasteiger partial charge in [0.15, 0.2) is 5.69 Å². The highest BCUT2D eigenvalue weighted by Gasteiger charge is 2.21. The Balaban J connectivity index is 1.39. The average molecular weight is 463 g/mol. The number of carboxylic acid groups (broad SMARTS) is 1. The van der Waals surface area contributed by atoms with Crippen molar-refractivity contribution < 1.29 is 19.4 Å². The van der Waals surface area contributed by atoms with Crippen molar-refractivity contribution in [3.63, 3.8) is 0 Å². The fraction of sp³-hybridized carbons (Fsp3) is 0.0345. The summed E-state index contributed by atoms with van der Waals surface area (Å²) in [7, 11) is 0. The molecule has 1 heterocycles. The second-order valence-corrected chi connectivity index (χ2v) is 7.87. The van der Waals surface area contributed by atoms with Gasteiger partial charge in [0.2, 0.25) is 0 Å². The molecule has 0 aliphatic heterocycles. The van der Waals surface area contributed by atoms with E-state index in [1.54, 1.807) is 0 Å². The van der Waals surface area contributed by atoms with Crippen LogP contribution in [0.4, 0.5) is 0 Å². The van der Waals surface area contributed by atoms with Crippen molar-refractivity contribution in [1.29, 1.82) is 0 Å². The number of carboxylic acids is 1. The molecule has 2 N–H and O–H groups in total. The number of para-hydroxylation sites is 1. The lowest BCUT2D eigenvalue weighted by Crippen LogP contribution is -1.99. The van der Waals surface area contributed by atoms with Crippen LogP contribution in [0, 0.1) is 0 Å². The number of rotatable bonds is 8. The molecule has 1 aromatic heterocycles. The van der Waals surface area contributed by atoms with E-state index in [4.69, 9.17) is 9.47 Å². The van der Waals surface area contributed by atoms with Crippen LogP contribution in [-0.4, -0.2) is 21.3 Å². The normalized spacial score (nSPS) is 10.6. The summed E-state index contributed by atoms with van der Waals surface area (Å²) < 4.78 is 11.7. The van der Waals surface area contributed by atoms with Gasteiger partial charge in [-0.1, -0.05) is 60.7 Å². The van der Waals surface area contributed by atoms with Crippen LogP contribution in [0.25, 0.3) is 22.4 Å². The van der Waals surface area contributed by atoms with Crippen molar-refractivity contribution in [3.05, 3.63) is 120 Å². The lowest BCUT2D eigenvalue weighted by atomic mass is 9.98. The molecule has 4 aromatic carbocycles. The number of hydrogen-bond donors (Lipinski definition) is 2. The first-order chi connectivity index (χ1) is 17.2. The first-order valence-electron chi connectivity index (χ1n) is 11.1. The third-order valence-electron chi connectivity index (χ3n) is 5.48. The molecule has 0 saturated carbocycles. The molecule has 172 valence electrons. The average Bonchev–Trinajstić information content (AvgIpc) is 3.35. The highest BCUT2D eigenvalue weighted by molar-refractivity contribution is 5.99. The smallest absolute Gasteiger partial charge is 0.357 e. The summed E-state index contributed by atoms with van der Waals surface area (Å²) in [5.41, 5.74) is 3.70. The zero-order valence-corrected chi connectivity index (χ0v) is 18.7. The summed E-state index contributed by atoms with van der Waals surface area (Å²) in [4.78, 5) is 11.9. The van der Waals surface area contributed by atoms with Crippen molar-refractivity contribution in [2.75, 3.05) is 0 Å². The summed E-state index contributed by atoms with van der Waals surface area (Å²) in [5, 5.41) is 16.7. The van der Waals surface area contributed by atoms with Gasteiger partial charge in [0.25, 0.3) is 0 Å². The zero-order chi connectivity index (χ0) is 24.0. The number of hydrogen-bond acceptors (Lipinski definition) is 4. The molecule has 0 spiro atoms. The number of ether oxygens (including phenoxy) is 2. The minimum atomic E-state index is -1.10. The van der Waals surface area contributed by atoms with Gasteiger partial charge >= 0.3 is 5.97 Å². The first-order valence-corrected chi connectivity index (χ1v) is 11.1. The van der Waals surface area contributed by atoms with Gasteiger partial charge in [0, 0.05) is 11.1 Å². The Morgan fingerprint density at radius 1 is 0.714 bits per heavy atom. The van der Waals surface area contributed by atoms with Crippen LogP contribution in [0.3, 0.4) is 0 Å². The molecule has 0 atom stereocenters. The van der Waals surface area contributed by atoms with Gasteiger partial charge in [0.1, 0.15) is 23.9 Å². The van der Waals surface area contributed by atoms with Crippen LogP contribution in [0.5, 0.6) is 17.2 Å². The Morgan fingerprint density at radius 3 is 1.94 bits per heavy atom. The Morgan fingerprint density at radius 2 is 1.29 bits per heavy atom. The molecule has 0 bridgehead atoms. The Labute approximate surface area is 202 Å². The molecule has 0 amide bonds. The molecule has 0 saturated heterocycles. The van der Waals surface area contributed by atoms with Crippen molar-refractivity contribution >= 4 is 5.97 Å². The highest BCUT2D eigenvalue weighted by Crippen LogP contribution is 2.35. The second-order valence-electron chi connectivity index (χ2n) is 7.87. The number of aromatic nitrogens is 2. The molecule has 0 unspecified atom stereocenters. The Kier molecular flexibility index (Phi) is 6.26. The third-order valence-corrected chi connectivity index (χ3v) is 5.48. The molecule has 0 radical (unpaired) electrons. The highest BCUT2D eigenvalue weighted by atomic mass is 16.5. The lowest BCUT2D eigenvalue weighted by molar-refractivity contribution is 0.0691. The first kappa shape index (κ1) is 22.0. The van der Waals surface area contributed by atoms with Crippen molar-refractivity contribution in [3.8, 4) is 39.6 Å². The minimum absolute atomic E-state index is 0.0406. The number of aromatic carboxylic acids is 1. The van der Waals surface area contributed by atoms with Gasteiger partial charge in [-0.05, 0) is 59.7 Å². The van der Waals surface area contributed by atoms with Crippen LogP contribution < -0.4 is 9.47 Å². The molecule has 6 nitrogen and oxygen atoms in total. The SMILES string of the molecule is O=C(O)c1n[nH]c(-c2ccc(OCc3ccccc3)cc2)c1-c1ccc(Oc2ccccc2)cc1. The van der Waals surface area contributed by atoms with Crippen LogP contribution >= 0.6 is 0 Å². The standard InChI is InChI=1S/C29H22N2O4/c32-29(33)28-26(21-11-17-25(18-12-21)35-24-9-5-2-6-10-24)27(30-31-28)22-13-15-23(16-14-22)34-19-20-7-3-1-4-8-20/h1-18H,19H2,(H,30,31)(H,32,33). The quantitative estimate of drug-likeness (QED) is 0.264. The van der Waals surface area contributed by atoms with Gasteiger partial charge in [0.05, 0.1) is 5.69 Å². The monoisotopic (exact) mass is 462 g/mol. The van der Waals surface area contributed by atoms with E-state index in [0.29, 0.717) is 23.6 Å². The molecule has 5 rings (SSSR count). The number of carbonyl (C=O) groups is 1. The van der Waals surface area contributed by atoms with Gasteiger partial charge < -0.3 is 14.6 Å². The number of H-pyrrole nitrogens is 1. The molecule has 35 heavy (non-hydrogen) atoms. The van der Waals surface area contributed by atoms with Crippen LogP contribution in [0.2, 0.25) is 0 Å². The molecular formula is C29H22N2O4. The summed E-state index contributed by atoms with van der Waals surface area (Å²) in [5.74, 6) is 1.00. The maximum Gasteiger partial charge on any atom is 0.357 e. The van der Waals surface area contributed by atoms with Crippen molar-refractivity contribution in [2.24, 2.45) is 0 Å². The summed E-state index contributed by atoms with van der Waals surface area (Å²) >= 11 is 0. The van der Waals surface area contributed by atoms with Crippen molar-refractivity contribution in [2.45, 2.75) is 6.61 Å². The second kappa shape index (κ2) is 9.97. The Hall–Kier alpha value is -4.84. The van der Waals surface area contributed by atoms with E-state index in [0.717, 1.165) is 28.2 Å². The van der Waals surface area contributed by atoms with E-state index in [1.165, 1.54) is 0 Å². The number of aromatic amines is 1. The van der Waals surface area contributed by atoms with E-state index in [2.05, 4.69) is 10.2 Å². The number of nitrogens with one attached hydrogen (secondary N) is 1. The van der Waals surface area contributed by atoms with Crippen LogP contribution in [0.15, 0.2) is 109 Å². The lowest BCUT2D eigenvalue weighted by Gasteiger charge is -2.09. The summed E-state index contributed by atoms with van der Waals surface area (Å²) in [6.07, 6.45) is 0. The van der Waals surface area contributed by atoms with Gasteiger partial charge in [-0.2, -0.15) is 5.10 Å². The summed E-state index contributed by atoms with van der Waals surface area (Å²) in [6, 6.07) is 34.2. The van der Waals surface area contributed by atoms with Gasteiger partial charge in [-0.15, -0.1) is 0 Å². The minimum Gasteiger partial charge on any atom is -0.489 e. The molecular weight excluding hydrogens is 440 g/mol.